The molecule has 0 N–H and O–H groups in total. The fourth-order valence-electron chi connectivity index (χ4n) is 4.05. The van der Waals surface area contributed by atoms with Gasteiger partial charge in [0.25, 0.3) is 11.5 Å². The van der Waals surface area contributed by atoms with Crippen molar-refractivity contribution in [2.75, 3.05) is 6.54 Å². The van der Waals surface area contributed by atoms with Gasteiger partial charge in [0, 0.05) is 28.6 Å². The van der Waals surface area contributed by atoms with Crippen molar-refractivity contribution in [3.05, 3.63) is 97.9 Å². The van der Waals surface area contributed by atoms with Crippen molar-refractivity contribution in [1.82, 2.24) is 14.5 Å². The summed E-state index contributed by atoms with van der Waals surface area (Å²) in [5.41, 5.74) is 2.82. The molecule has 5 rings (SSSR count). The molecule has 0 bridgehead atoms. The first-order valence-electron chi connectivity index (χ1n) is 10.2. The van der Waals surface area contributed by atoms with Gasteiger partial charge in [0.2, 0.25) is 0 Å². The van der Waals surface area contributed by atoms with E-state index in [-0.39, 0.29) is 11.5 Å². The highest BCUT2D eigenvalue weighted by Gasteiger charge is 2.27. The van der Waals surface area contributed by atoms with Gasteiger partial charge in [-0.15, -0.1) is 11.3 Å². The molecule has 7 heteroatoms. The summed E-state index contributed by atoms with van der Waals surface area (Å²) in [7, 11) is 0. The van der Waals surface area contributed by atoms with Crippen LogP contribution >= 0.6 is 22.9 Å². The molecule has 31 heavy (non-hydrogen) atoms. The molecule has 156 valence electrons. The molecule has 2 aromatic heterocycles. The second-order valence-electron chi connectivity index (χ2n) is 7.65. The number of aryl methyl sites for hydroxylation is 2. The van der Waals surface area contributed by atoms with E-state index in [0.29, 0.717) is 42.0 Å². The third kappa shape index (κ3) is 3.89. The predicted molar refractivity (Wildman–Crippen MR) is 124 cm³/mol. The third-order valence-electron chi connectivity index (χ3n) is 5.67. The Morgan fingerprint density at radius 2 is 1.97 bits per heavy atom. The van der Waals surface area contributed by atoms with Crippen LogP contribution in [0.3, 0.4) is 0 Å². The number of carbonyl (C=O) groups is 1. The number of benzene rings is 2. The van der Waals surface area contributed by atoms with Crippen LogP contribution in [0.5, 0.6) is 0 Å². The van der Waals surface area contributed by atoms with E-state index in [9.17, 15) is 9.59 Å². The molecule has 1 amide bonds. The molecular formula is C24H20ClN3O2S. The van der Waals surface area contributed by atoms with Crippen LogP contribution in [0.25, 0.3) is 10.2 Å². The number of halogens is 1. The summed E-state index contributed by atoms with van der Waals surface area (Å²) in [5, 5.41) is 1.26. The Kier molecular flexibility index (Phi) is 5.34. The number of thiophene rings is 1. The number of amides is 1. The van der Waals surface area contributed by atoms with E-state index in [1.807, 2.05) is 23.1 Å². The Balaban J connectivity index is 1.41. The maximum atomic E-state index is 13.2. The Bertz CT molecular complexity index is 1330. The van der Waals surface area contributed by atoms with Gasteiger partial charge in [-0.25, -0.2) is 4.98 Å². The maximum Gasteiger partial charge on any atom is 0.262 e. The van der Waals surface area contributed by atoms with Gasteiger partial charge in [-0.2, -0.15) is 0 Å². The fourth-order valence-corrected chi connectivity index (χ4v) is 5.43. The molecule has 0 radical (unpaired) electrons. The molecule has 0 unspecified atom stereocenters. The van der Waals surface area contributed by atoms with E-state index in [1.165, 1.54) is 16.9 Å². The SMILES string of the molecule is O=C(c1cccc(Cl)c1)N1CCc2c(sc3ncn(CCc4ccccc4)c(=O)c23)C1. The summed E-state index contributed by atoms with van der Waals surface area (Å²) in [6.07, 6.45) is 3.08. The van der Waals surface area contributed by atoms with Crippen molar-refractivity contribution in [2.45, 2.75) is 25.9 Å². The lowest BCUT2D eigenvalue weighted by molar-refractivity contribution is 0.0737. The molecule has 0 spiro atoms. The molecule has 0 atom stereocenters. The van der Waals surface area contributed by atoms with Gasteiger partial charge in [-0.05, 0) is 42.2 Å². The van der Waals surface area contributed by atoms with Crippen molar-refractivity contribution < 1.29 is 4.79 Å². The minimum Gasteiger partial charge on any atom is -0.333 e. The van der Waals surface area contributed by atoms with E-state index in [2.05, 4.69) is 17.1 Å². The lowest BCUT2D eigenvalue weighted by Crippen LogP contribution is -2.35. The lowest BCUT2D eigenvalue weighted by Gasteiger charge is -2.27. The highest BCUT2D eigenvalue weighted by atomic mass is 35.5. The number of nitrogens with zero attached hydrogens (tertiary/aromatic N) is 3. The maximum absolute atomic E-state index is 13.2. The van der Waals surface area contributed by atoms with Crippen LogP contribution in [0.2, 0.25) is 5.02 Å². The summed E-state index contributed by atoms with van der Waals surface area (Å²) >= 11 is 7.56. The average Bonchev–Trinajstić information content (AvgIpc) is 3.17. The summed E-state index contributed by atoms with van der Waals surface area (Å²) in [6.45, 7) is 1.66. The Morgan fingerprint density at radius 3 is 2.77 bits per heavy atom. The molecular weight excluding hydrogens is 430 g/mol. The van der Waals surface area contributed by atoms with Gasteiger partial charge < -0.3 is 4.90 Å². The third-order valence-corrected chi connectivity index (χ3v) is 7.03. The van der Waals surface area contributed by atoms with E-state index >= 15 is 0 Å². The quantitative estimate of drug-likeness (QED) is 0.459. The molecule has 1 aliphatic heterocycles. The highest BCUT2D eigenvalue weighted by Crippen LogP contribution is 2.32. The monoisotopic (exact) mass is 449 g/mol. The van der Waals surface area contributed by atoms with Gasteiger partial charge in [0.1, 0.15) is 4.83 Å². The van der Waals surface area contributed by atoms with Crippen molar-refractivity contribution in [3.63, 3.8) is 0 Å². The Morgan fingerprint density at radius 1 is 1.13 bits per heavy atom. The van der Waals surface area contributed by atoms with Crippen LogP contribution in [0, 0.1) is 0 Å². The zero-order chi connectivity index (χ0) is 21.4. The summed E-state index contributed by atoms with van der Waals surface area (Å²) < 4.78 is 1.70. The normalized spacial score (nSPS) is 13.4. The molecule has 4 aromatic rings. The van der Waals surface area contributed by atoms with Gasteiger partial charge in [0.15, 0.2) is 0 Å². The van der Waals surface area contributed by atoms with Crippen LogP contribution in [0.4, 0.5) is 0 Å². The number of hydrogen-bond donors (Lipinski definition) is 0. The molecule has 1 aliphatic rings. The van der Waals surface area contributed by atoms with Crippen LogP contribution in [0.15, 0.2) is 65.7 Å². The number of carbonyl (C=O) groups excluding carboxylic acids is 1. The summed E-state index contributed by atoms with van der Waals surface area (Å²) in [6, 6.07) is 17.1. The number of aromatic nitrogens is 2. The molecule has 3 heterocycles. The number of hydrogen-bond acceptors (Lipinski definition) is 4. The lowest BCUT2D eigenvalue weighted by atomic mass is 10.0. The largest absolute Gasteiger partial charge is 0.333 e. The molecule has 2 aromatic carbocycles. The van der Waals surface area contributed by atoms with Crippen LogP contribution < -0.4 is 5.56 Å². The average molecular weight is 450 g/mol. The molecule has 0 saturated carbocycles. The zero-order valence-electron chi connectivity index (χ0n) is 16.8. The standard InChI is InChI=1S/C24H20ClN3O2S/c25-18-8-4-7-17(13-18)23(29)27-12-10-19-20(14-27)31-22-21(19)24(30)28(15-26-22)11-9-16-5-2-1-3-6-16/h1-8,13,15H,9-12,14H2. The highest BCUT2D eigenvalue weighted by molar-refractivity contribution is 7.18. The van der Waals surface area contributed by atoms with Crippen LogP contribution in [-0.4, -0.2) is 26.9 Å². The minimum atomic E-state index is -0.0427. The van der Waals surface area contributed by atoms with Crippen LogP contribution in [-0.2, 0) is 25.9 Å². The first-order valence-corrected chi connectivity index (χ1v) is 11.4. The van der Waals surface area contributed by atoms with E-state index in [4.69, 9.17) is 11.6 Å². The van der Waals surface area contributed by atoms with Crippen LogP contribution in [0.1, 0.15) is 26.4 Å². The topological polar surface area (TPSA) is 55.2 Å². The second kappa shape index (κ2) is 8.29. The van der Waals surface area contributed by atoms with Crippen molar-refractivity contribution in [1.29, 1.82) is 0 Å². The molecule has 0 saturated heterocycles. The first-order chi connectivity index (χ1) is 15.1. The minimum absolute atomic E-state index is 0.00745. The summed E-state index contributed by atoms with van der Waals surface area (Å²) in [5.74, 6) is -0.0427. The van der Waals surface area contributed by atoms with Gasteiger partial charge in [-0.3, -0.25) is 14.2 Å². The number of fused-ring (bicyclic) bond motifs is 3. The van der Waals surface area contributed by atoms with Crippen molar-refractivity contribution in [3.8, 4) is 0 Å². The zero-order valence-corrected chi connectivity index (χ0v) is 18.3. The number of rotatable bonds is 4. The summed E-state index contributed by atoms with van der Waals surface area (Å²) in [4.78, 5) is 34.3. The van der Waals surface area contributed by atoms with E-state index < -0.39 is 0 Å². The van der Waals surface area contributed by atoms with Crippen molar-refractivity contribution >= 4 is 39.1 Å². The Hall–Kier alpha value is -2.96. The molecule has 5 nitrogen and oxygen atoms in total. The van der Waals surface area contributed by atoms with E-state index in [0.717, 1.165) is 21.7 Å². The molecule has 0 fully saturated rings. The Labute approximate surface area is 188 Å². The second-order valence-corrected chi connectivity index (χ2v) is 9.17. The fraction of sp³-hybridized carbons (Fsp3) is 0.208. The predicted octanol–water partition coefficient (Wildman–Crippen LogP) is 4.55. The van der Waals surface area contributed by atoms with Gasteiger partial charge >= 0.3 is 0 Å². The molecule has 0 aliphatic carbocycles. The van der Waals surface area contributed by atoms with Gasteiger partial charge in [0.05, 0.1) is 18.3 Å². The van der Waals surface area contributed by atoms with Crippen molar-refractivity contribution in [2.24, 2.45) is 0 Å². The smallest absolute Gasteiger partial charge is 0.262 e. The van der Waals surface area contributed by atoms with E-state index in [1.54, 1.807) is 35.2 Å². The van der Waals surface area contributed by atoms with Gasteiger partial charge in [-0.1, -0.05) is 48.0 Å². The first kappa shape index (κ1) is 20.0.